The molecule has 0 spiro atoms. The fraction of sp³-hybridized carbons (Fsp3) is 0.304. The summed E-state index contributed by atoms with van der Waals surface area (Å²) in [6, 6.07) is 12.0. The lowest BCUT2D eigenvalue weighted by Gasteiger charge is -2.20. The van der Waals surface area contributed by atoms with Crippen molar-refractivity contribution in [2.75, 3.05) is 11.1 Å². The summed E-state index contributed by atoms with van der Waals surface area (Å²) in [6.07, 6.45) is 0.651. The number of amides is 2. The van der Waals surface area contributed by atoms with Crippen LogP contribution in [0.3, 0.4) is 0 Å². The molecule has 3 rings (SSSR count). The molecule has 1 aromatic heterocycles. The van der Waals surface area contributed by atoms with Gasteiger partial charge in [0.1, 0.15) is 5.82 Å². The largest absolute Gasteiger partial charge is 0.342 e. The summed E-state index contributed by atoms with van der Waals surface area (Å²) in [5, 5.41) is 15.1. The predicted molar refractivity (Wildman–Crippen MR) is 128 cm³/mol. The van der Waals surface area contributed by atoms with E-state index in [-0.39, 0.29) is 35.3 Å². The molecule has 33 heavy (non-hydrogen) atoms. The van der Waals surface area contributed by atoms with E-state index in [1.165, 1.54) is 36.0 Å². The molecule has 0 bridgehead atoms. The highest BCUT2D eigenvalue weighted by Crippen LogP contribution is 2.25. The van der Waals surface area contributed by atoms with E-state index in [9.17, 15) is 14.0 Å². The quantitative estimate of drug-likeness (QED) is 0.419. The number of rotatable bonds is 9. The highest BCUT2D eigenvalue weighted by atomic mass is 35.5. The number of benzene rings is 2. The molecule has 1 heterocycles. The Kier molecular flexibility index (Phi) is 8.46. The van der Waals surface area contributed by atoms with E-state index < -0.39 is 0 Å². The van der Waals surface area contributed by atoms with Crippen LogP contribution in [0.5, 0.6) is 0 Å². The highest BCUT2D eigenvalue weighted by Gasteiger charge is 2.24. The van der Waals surface area contributed by atoms with Gasteiger partial charge in [0.15, 0.2) is 11.0 Å². The maximum atomic E-state index is 13.0. The van der Waals surface area contributed by atoms with Crippen LogP contribution in [-0.2, 0) is 11.8 Å². The van der Waals surface area contributed by atoms with Crippen LogP contribution in [0, 0.1) is 11.7 Å². The summed E-state index contributed by atoms with van der Waals surface area (Å²) < 4.78 is 14.8. The van der Waals surface area contributed by atoms with Crippen LogP contribution >= 0.6 is 23.4 Å². The number of carbonyl (C=O) groups excluding carboxylic acids is 2. The summed E-state index contributed by atoms with van der Waals surface area (Å²) in [4.78, 5) is 25.1. The van der Waals surface area contributed by atoms with Crippen molar-refractivity contribution in [3.05, 3.63) is 70.8 Å². The molecule has 0 fully saturated rings. The average Bonchev–Trinajstić information content (AvgIpc) is 3.13. The van der Waals surface area contributed by atoms with Crippen LogP contribution in [0.25, 0.3) is 0 Å². The van der Waals surface area contributed by atoms with Crippen molar-refractivity contribution in [1.82, 2.24) is 20.1 Å². The van der Waals surface area contributed by atoms with Crippen molar-refractivity contribution in [3.8, 4) is 0 Å². The van der Waals surface area contributed by atoms with Gasteiger partial charge in [0, 0.05) is 12.7 Å². The third-order valence-corrected chi connectivity index (χ3v) is 6.12. The second-order valence-electron chi connectivity index (χ2n) is 7.88. The molecule has 0 aliphatic carbocycles. The maximum Gasteiger partial charge on any atom is 0.253 e. The van der Waals surface area contributed by atoms with Gasteiger partial charge in [0.25, 0.3) is 5.91 Å². The van der Waals surface area contributed by atoms with Crippen molar-refractivity contribution in [3.63, 3.8) is 0 Å². The molecule has 0 radical (unpaired) electrons. The lowest BCUT2D eigenvalue weighted by molar-refractivity contribution is -0.113. The third-order valence-electron chi connectivity index (χ3n) is 4.77. The highest BCUT2D eigenvalue weighted by molar-refractivity contribution is 7.99. The Morgan fingerprint density at radius 2 is 1.82 bits per heavy atom. The minimum Gasteiger partial charge on any atom is -0.342 e. The lowest BCUT2D eigenvalue weighted by atomic mass is 10.0. The van der Waals surface area contributed by atoms with E-state index in [2.05, 4.69) is 34.7 Å². The zero-order valence-electron chi connectivity index (χ0n) is 18.5. The van der Waals surface area contributed by atoms with Crippen molar-refractivity contribution >= 4 is 40.9 Å². The van der Waals surface area contributed by atoms with E-state index in [1.807, 2.05) is 0 Å². The summed E-state index contributed by atoms with van der Waals surface area (Å²) in [7, 11) is 1.80. The molecule has 7 nitrogen and oxygen atoms in total. The van der Waals surface area contributed by atoms with Gasteiger partial charge in [-0.15, -0.1) is 10.2 Å². The van der Waals surface area contributed by atoms with E-state index in [0.717, 1.165) is 0 Å². The van der Waals surface area contributed by atoms with Gasteiger partial charge in [-0.2, -0.15) is 0 Å². The first kappa shape index (κ1) is 24.7. The van der Waals surface area contributed by atoms with Gasteiger partial charge in [0.05, 0.1) is 22.4 Å². The van der Waals surface area contributed by atoms with E-state index in [1.54, 1.807) is 35.9 Å². The fourth-order valence-electron chi connectivity index (χ4n) is 3.20. The molecule has 0 aliphatic heterocycles. The predicted octanol–water partition coefficient (Wildman–Crippen LogP) is 4.86. The van der Waals surface area contributed by atoms with Gasteiger partial charge in [-0.1, -0.05) is 49.3 Å². The summed E-state index contributed by atoms with van der Waals surface area (Å²) in [6.45, 7) is 4.11. The van der Waals surface area contributed by atoms with Crippen LogP contribution in [0.2, 0.25) is 5.02 Å². The molecule has 2 aromatic carbocycles. The van der Waals surface area contributed by atoms with Gasteiger partial charge < -0.3 is 15.2 Å². The van der Waals surface area contributed by atoms with Crippen LogP contribution in [0.4, 0.5) is 10.1 Å². The minimum atomic E-state index is -0.381. The smallest absolute Gasteiger partial charge is 0.253 e. The van der Waals surface area contributed by atoms with Gasteiger partial charge >= 0.3 is 0 Å². The van der Waals surface area contributed by atoms with Crippen molar-refractivity contribution < 1.29 is 14.0 Å². The van der Waals surface area contributed by atoms with Gasteiger partial charge in [-0.05, 0) is 48.7 Å². The second-order valence-corrected chi connectivity index (χ2v) is 9.23. The van der Waals surface area contributed by atoms with Crippen LogP contribution in [0.15, 0.2) is 53.7 Å². The number of thioether (sulfide) groups is 1. The van der Waals surface area contributed by atoms with Crippen molar-refractivity contribution in [2.24, 2.45) is 13.0 Å². The second kappa shape index (κ2) is 11.3. The topological polar surface area (TPSA) is 88.9 Å². The van der Waals surface area contributed by atoms with E-state index in [0.29, 0.717) is 33.7 Å². The van der Waals surface area contributed by atoms with Crippen LogP contribution in [-0.4, -0.2) is 32.3 Å². The zero-order chi connectivity index (χ0) is 24.0. The van der Waals surface area contributed by atoms with Crippen LogP contribution < -0.4 is 10.6 Å². The fourth-order valence-corrected chi connectivity index (χ4v) is 4.14. The number of nitrogens with one attached hydrogen (secondary N) is 2. The summed E-state index contributed by atoms with van der Waals surface area (Å²) in [5.41, 5.74) is 0.905. The maximum absolute atomic E-state index is 13.0. The lowest BCUT2D eigenvalue weighted by Crippen LogP contribution is -2.31. The number of hydrogen-bond donors (Lipinski definition) is 2. The van der Waals surface area contributed by atoms with Crippen molar-refractivity contribution in [2.45, 2.75) is 31.5 Å². The van der Waals surface area contributed by atoms with Gasteiger partial charge in [0.2, 0.25) is 5.91 Å². The molecule has 2 amide bonds. The average molecular weight is 490 g/mol. The first-order chi connectivity index (χ1) is 15.7. The number of anilines is 1. The normalized spacial score (nSPS) is 11.9. The monoisotopic (exact) mass is 489 g/mol. The first-order valence-corrected chi connectivity index (χ1v) is 11.7. The molecule has 0 saturated carbocycles. The van der Waals surface area contributed by atoms with Crippen LogP contribution in [0.1, 0.15) is 42.5 Å². The number of aromatic nitrogens is 3. The summed E-state index contributed by atoms with van der Waals surface area (Å²) in [5.74, 6) is 0.0708. The van der Waals surface area contributed by atoms with Crippen molar-refractivity contribution in [1.29, 1.82) is 0 Å². The molecule has 0 saturated heterocycles. The van der Waals surface area contributed by atoms with Gasteiger partial charge in [-0.25, -0.2) is 4.39 Å². The Bertz CT molecular complexity index is 1120. The van der Waals surface area contributed by atoms with Gasteiger partial charge in [-0.3, -0.25) is 9.59 Å². The Morgan fingerprint density at radius 3 is 2.48 bits per heavy atom. The first-order valence-electron chi connectivity index (χ1n) is 10.4. The SMILES string of the molecule is CC(C)C[C@H](NC(=O)c1ccccc1Cl)c1nnc(SCC(=O)Nc2ccc(F)cc2)n1C. The Morgan fingerprint density at radius 1 is 1.12 bits per heavy atom. The molecular weight excluding hydrogens is 465 g/mol. The Labute approximate surface area is 201 Å². The Hall–Kier alpha value is -2.91. The minimum absolute atomic E-state index is 0.101. The third kappa shape index (κ3) is 6.79. The van der Waals surface area contributed by atoms with E-state index >= 15 is 0 Å². The van der Waals surface area contributed by atoms with E-state index in [4.69, 9.17) is 11.6 Å². The molecule has 1 atom stereocenters. The summed E-state index contributed by atoms with van der Waals surface area (Å²) >= 11 is 7.39. The number of carbonyl (C=O) groups is 2. The molecule has 10 heteroatoms. The molecule has 0 unspecified atom stereocenters. The number of hydrogen-bond acceptors (Lipinski definition) is 5. The Balaban J connectivity index is 1.68. The number of halogens is 2. The molecular formula is C23H25ClFN5O2S. The molecule has 2 N–H and O–H groups in total. The zero-order valence-corrected chi connectivity index (χ0v) is 20.1. The standard InChI is InChI=1S/C23H25ClFN5O2S/c1-14(2)12-19(27-22(32)17-6-4-5-7-18(17)24)21-28-29-23(30(21)3)33-13-20(31)26-16-10-8-15(25)9-11-16/h4-11,14,19H,12-13H2,1-3H3,(H,26,31)(H,27,32)/t19-/m0/s1. The number of nitrogens with zero attached hydrogens (tertiary/aromatic N) is 3. The molecule has 3 aromatic rings. The molecule has 0 aliphatic rings. The molecule has 174 valence electrons.